The van der Waals surface area contributed by atoms with E-state index in [2.05, 4.69) is 10.3 Å². The molecule has 1 heterocycles. The van der Waals surface area contributed by atoms with Crippen LogP contribution < -0.4 is 5.32 Å². The van der Waals surface area contributed by atoms with Gasteiger partial charge in [-0.05, 0) is 37.5 Å². The minimum absolute atomic E-state index is 0.159. The first kappa shape index (κ1) is 13.1. The average molecular weight is 294 g/mol. The number of nitrogens with zero attached hydrogens (tertiary/aromatic N) is 1. The Morgan fingerprint density at radius 3 is 2.95 bits per heavy atom. The van der Waals surface area contributed by atoms with Crippen molar-refractivity contribution in [2.75, 3.05) is 0 Å². The molecule has 0 radical (unpaired) electrons. The molecule has 0 bridgehead atoms. The Labute approximate surface area is 120 Å². The van der Waals surface area contributed by atoms with Crippen molar-refractivity contribution in [3.05, 3.63) is 40.7 Å². The van der Waals surface area contributed by atoms with Crippen molar-refractivity contribution in [3.8, 4) is 0 Å². The van der Waals surface area contributed by atoms with Gasteiger partial charge in [-0.3, -0.25) is 0 Å². The van der Waals surface area contributed by atoms with Crippen LogP contribution in [0.5, 0.6) is 0 Å². The van der Waals surface area contributed by atoms with Crippen molar-refractivity contribution in [1.82, 2.24) is 10.3 Å². The number of hydrogen-bond acceptors (Lipinski definition) is 4. The maximum Gasteiger partial charge on any atom is 0.154 e. The number of hydrogen-bond donors (Lipinski definition) is 1. The lowest BCUT2D eigenvalue weighted by Gasteiger charge is -2.05. The second kappa shape index (κ2) is 5.61. The van der Waals surface area contributed by atoms with Crippen LogP contribution in [0.3, 0.4) is 0 Å². The number of rotatable bonds is 5. The van der Waals surface area contributed by atoms with E-state index in [0.717, 1.165) is 22.1 Å². The SMILES string of the molecule is Cc1csc(Sc2ccc(CNC3CC3)cc2F)n1. The van der Waals surface area contributed by atoms with Gasteiger partial charge in [0.2, 0.25) is 0 Å². The van der Waals surface area contributed by atoms with E-state index in [4.69, 9.17) is 0 Å². The van der Waals surface area contributed by atoms with Gasteiger partial charge >= 0.3 is 0 Å². The fourth-order valence-corrected chi connectivity index (χ4v) is 3.56. The predicted octanol–water partition coefficient (Wildman–Crippen LogP) is 3.99. The van der Waals surface area contributed by atoms with E-state index >= 15 is 0 Å². The highest BCUT2D eigenvalue weighted by Crippen LogP contribution is 2.32. The second-order valence-electron chi connectivity index (χ2n) is 4.78. The molecule has 1 aliphatic carbocycles. The minimum atomic E-state index is -0.159. The number of benzene rings is 1. The molecule has 0 atom stereocenters. The molecule has 1 aliphatic rings. The van der Waals surface area contributed by atoms with Gasteiger partial charge in [-0.25, -0.2) is 9.37 Å². The summed E-state index contributed by atoms with van der Waals surface area (Å²) in [6, 6.07) is 6.11. The van der Waals surface area contributed by atoms with Crippen molar-refractivity contribution >= 4 is 23.1 Å². The summed E-state index contributed by atoms with van der Waals surface area (Å²) in [7, 11) is 0. The van der Waals surface area contributed by atoms with Gasteiger partial charge in [-0.15, -0.1) is 11.3 Å². The third kappa shape index (κ3) is 3.55. The van der Waals surface area contributed by atoms with Crippen LogP contribution in [-0.2, 0) is 6.54 Å². The molecule has 5 heteroatoms. The smallest absolute Gasteiger partial charge is 0.154 e. The zero-order chi connectivity index (χ0) is 13.2. The lowest BCUT2D eigenvalue weighted by atomic mass is 10.2. The summed E-state index contributed by atoms with van der Waals surface area (Å²) in [5.74, 6) is -0.159. The molecule has 0 saturated heterocycles. The topological polar surface area (TPSA) is 24.9 Å². The lowest BCUT2D eigenvalue weighted by Crippen LogP contribution is -2.15. The van der Waals surface area contributed by atoms with Crippen LogP contribution in [0.4, 0.5) is 4.39 Å². The Kier molecular flexibility index (Phi) is 3.86. The highest BCUT2D eigenvalue weighted by atomic mass is 32.2. The van der Waals surface area contributed by atoms with Crippen LogP contribution in [0.2, 0.25) is 0 Å². The first-order chi connectivity index (χ1) is 9.20. The van der Waals surface area contributed by atoms with Gasteiger partial charge in [0.15, 0.2) is 4.34 Å². The first-order valence-electron chi connectivity index (χ1n) is 6.32. The number of aryl methyl sites for hydroxylation is 1. The maximum atomic E-state index is 14.0. The highest BCUT2D eigenvalue weighted by molar-refractivity contribution is 8.01. The van der Waals surface area contributed by atoms with Crippen LogP contribution in [0, 0.1) is 12.7 Å². The largest absolute Gasteiger partial charge is 0.310 e. The fraction of sp³-hybridized carbons (Fsp3) is 0.357. The lowest BCUT2D eigenvalue weighted by molar-refractivity contribution is 0.595. The Balaban J connectivity index is 1.67. The molecular weight excluding hydrogens is 279 g/mol. The molecule has 1 N–H and O–H groups in total. The van der Waals surface area contributed by atoms with E-state index < -0.39 is 0 Å². The molecule has 100 valence electrons. The third-order valence-corrected chi connectivity index (χ3v) is 5.07. The molecule has 1 saturated carbocycles. The van der Waals surface area contributed by atoms with Gasteiger partial charge in [0.05, 0.1) is 4.90 Å². The van der Waals surface area contributed by atoms with E-state index in [1.165, 1.54) is 24.6 Å². The maximum absolute atomic E-state index is 14.0. The van der Waals surface area contributed by atoms with Crippen LogP contribution in [-0.4, -0.2) is 11.0 Å². The van der Waals surface area contributed by atoms with E-state index in [1.54, 1.807) is 17.4 Å². The number of aromatic nitrogens is 1. The van der Waals surface area contributed by atoms with Gasteiger partial charge in [-0.1, -0.05) is 17.8 Å². The molecule has 1 aromatic carbocycles. The van der Waals surface area contributed by atoms with E-state index in [0.29, 0.717) is 10.9 Å². The number of halogens is 1. The molecule has 0 aliphatic heterocycles. The van der Waals surface area contributed by atoms with Gasteiger partial charge in [0, 0.05) is 23.7 Å². The van der Waals surface area contributed by atoms with Crippen molar-refractivity contribution in [2.24, 2.45) is 0 Å². The van der Waals surface area contributed by atoms with E-state index in [9.17, 15) is 4.39 Å². The summed E-state index contributed by atoms with van der Waals surface area (Å²) in [5.41, 5.74) is 1.99. The van der Waals surface area contributed by atoms with Gasteiger partial charge < -0.3 is 5.32 Å². The second-order valence-corrected chi connectivity index (χ2v) is 6.92. The Morgan fingerprint density at radius 2 is 2.32 bits per heavy atom. The molecule has 0 amide bonds. The summed E-state index contributed by atoms with van der Waals surface area (Å²) in [4.78, 5) is 4.98. The predicted molar refractivity (Wildman–Crippen MR) is 77.2 cm³/mol. The fourth-order valence-electron chi connectivity index (χ4n) is 1.76. The zero-order valence-electron chi connectivity index (χ0n) is 10.6. The molecule has 3 rings (SSSR count). The molecule has 1 fully saturated rings. The van der Waals surface area contributed by atoms with Gasteiger partial charge in [0.1, 0.15) is 5.82 Å². The summed E-state index contributed by atoms with van der Waals surface area (Å²) < 4.78 is 14.9. The van der Waals surface area contributed by atoms with Crippen LogP contribution in [0.15, 0.2) is 32.8 Å². The number of nitrogens with one attached hydrogen (secondary N) is 1. The van der Waals surface area contributed by atoms with Gasteiger partial charge in [0.25, 0.3) is 0 Å². The third-order valence-electron chi connectivity index (χ3n) is 2.96. The quantitative estimate of drug-likeness (QED) is 0.902. The Hall–Kier alpha value is -0.910. The minimum Gasteiger partial charge on any atom is -0.310 e. The van der Waals surface area contributed by atoms with Crippen molar-refractivity contribution in [1.29, 1.82) is 0 Å². The summed E-state index contributed by atoms with van der Waals surface area (Å²) in [5, 5.41) is 5.37. The molecule has 2 nitrogen and oxygen atoms in total. The van der Waals surface area contributed by atoms with E-state index in [-0.39, 0.29) is 5.82 Å². The van der Waals surface area contributed by atoms with Crippen LogP contribution >= 0.6 is 23.1 Å². The normalized spacial score (nSPS) is 14.8. The summed E-state index contributed by atoms with van der Waals surface area (Å²) >= 11 is 2.95. The zero-order valence-corrected chi connectivity index (χ0v) is 12.3. The van der Waals surface area contributed by atoms with Crippen molar-refractivity contribution < 1.29 is 4.39 Å². The van der Waals surface area contributed by atoms with Crippen molar-refractivity contribution in [3.63, 3.8) is 0 Å². The first-order valence-corrected chi connectivity index (χ1v) is 8.02. The van der Waals surface area contributed by atoms with Crippen LogP contribution in [0.25, 0.3) is 0 Å². The molecule has 1 aromatic heterocycles. The Morgan fingerprint density at radius 1 is 1.47 bits per heavy atom. The Bertz CT molecular complexity index is 579. The monoisotopic (exact) mass is 294 g/mol. The highest BCUT2D eigenvalue weighted by Gasteiger charge is 2.20. The van der Waals surface area contributed by atoms with E-state index in [1.807, 2.05) is 24.4 Å². The molecule has 19 heavy (non-hydrogen) atoms. The standard InChI is InChI=1S/C14H15FN2S2/c1-9-8-18-14(17-9)19-13-5-2-10(6-12(13)15)7-16-11-3-4-11/h2,5-6,8,11,16H,3-4,7H2,1H3. The molecular formula is C14H15FN2S2. The molecule has 2 aromatic rings. The van der Waals surface area contributed by atoms with Crippen molar-refractivity contribution in [2.45, 2.75) is 41.6 Å². The summed E-state index contributed by atoms with van der Waals surface area (Å²) in [6.07, 6.45) is 2.50. The average Bonchev–Trinajstić information content (AvgIpc) is 3.13. The van der Waals surface area contributed by atoms with Crippen LogP contribution in [0.1, 0.15) is 24.1 Å². The number of thiazole rings is 1. The molecule has 0 unspecified atom stereocenters. The molecule has 0 spiro atoms. The summed E-state index contributed by atoms with van der Waals surface area (Å²) in [6.45, 7) is 2.70. The van der Waals surface area contributed by atoms with Gasteiger partial charge in [-0.2, -0.15) is 0 Å².